The zero-order chi connectivity index (χ0) is 12.3. The molecule has 0 spiro atoms. The third-order valence-electron chi connectivity index (χ3n) is 3.19. The molecule has 0 aromatic carbocycles. The minimum Gasteiger partial charge on any atom is -0.337 e. The minimum atomic E-state index is -0.235. The Kier molecular flexibility index (Phi) is 3.58. The van der Waals surface area contributed by atoms with Gasteiger partial charge >= 0.3 is 0 Å². The molecule has 1 aliphatic heterocycles. The number of hydrogen-bond acceptors (Lipinski definition) is 3. The molecule has 2 rings (SSSR count). The number of hydrogen-bond donors (Lipinski definition) is 2. The van der Waals surface area contributed by atoms with Gasteiger partial charge < -0.3 is 15.2 Å². The van der Waals surface area contributed by atoms with Crippen LogP contribution >= 0.6 is 0 Å². The highest BCUT2D eigenvalue weighted by Crippen LogP contribution is 2.12. The maximum atomic E-state index is 12.1. The topological polar surface area (TPSA) is 65.2 Å². The van der Waals surface area contributed by atoms with Crippen molar-refractivity contribution in [3.63, 3.8) is 0 Å². The van der Waals surface area contributed by atoms with Crippen molar-refractivity contribution >= 4 is 5.91 Å². The summed E-state index contributed by atoms with van der Waals surface area (Å²) in [5, 5.41) is 3.22. The third-order valence-corrected chi connectivity index (χ3v) is 3.19. The lowest BCUT2D eigenvalue weighted by molar-refractivity contribution is 0.0701. The number of pyridine rings is 1. The Balaban J connectivity index is 2.04. The second-order valence-corrected chi connectivity index (χ2v) is 4.28. The number of likely N-dealkylation sites (tertiary alicyclic amines) is 1. The normalized spacial score (nSPS) is 17.1. The van der Waals surface area contributed by atoms with Crippen LogP contribution in [0.3, 0.4) is 0 Å². The number of aromatic amines is 1. The summed E-state index contributed by atoms with van der Waals surface area (Å²) in [5.74, 6) is -0.0859. The van der Waals surface area contributed by atoms with Gasteiger partial charge in [0.25, 0.3) is 5.91 Å². The van der Waals surface area contributed by atoms with E-state index in [2.05, 4.69) is 10.3 Å². The fourth-order valence-electron chi connectivity index (χ4n) is 2.11. The molecule has 0 aliphatic carbocycles. The minimum absolute atomic E-state index is 0.0859. The van der Waals surface area contributed by atoms with Gasteiger partial charge in [0.05, 0.1) is 0 Å². The molecule has 2 N–H and O–H groups in total. The SMILES string of the molecule is CNC1CCN(C(=O)c2cccc(=O)[nH]2)CC1. The zero-order valence-corrected chi connectivity index (χ0v) is 9.90. The van der Waals surface area contributed by atoms with Crippen molar-refractivity contribution in [3.8, 4) is 0 Å². The number of amides is 1. The molecule has 0 radical (unpaired) electrons. The average Bonchev–Trinajstić information content (AvgIpc) is 2.38. The van der Waals surface area contributed by atoms with E-state index in [1.54, 1.807) is 17.0 Å². The maximum Gasteiger partial charge on any atom is 0.270 e. The van der Waals surface area contributed by atoms with E-state index in [9.17, 15) is 9.59 Å². The van der Waals surface area contributed by atoms with E-state index in [0.29, 0.717) is 11.7 Å². The van der Waals surface area contributed by atoms with Gasteiger partial charge in [-0.1, -0.05) is 6.07 Å². The summed E-state index contributed by atoms with van der Waals surface area (Å²) in [4.78, 5) is 27.6. The largest absolute Gasteiger partial charge is 0.337 e. The van der Waals surface area contributed by atoms with Gasteiger partial charge in [0.1, 0.15) is 5.69 Å². The van der Waals surface area contributed by atoms with Crippen molar-refractivity contribution < 1.29 is 4.79 Å². The van der Waals surface area contributed by atoms with E-state index in [1.807, 2.05) is 7.05 Å². The third kappa shape index (κ3) is 2.74. The van der Waals surface area contributed by atoms with E-state index in [-0.39, 0.29) is 11.5 Å². The molecule has 17 heavy (non-hydrogen) atoms. The van der Waals surface area contributed by atoms with Gasteiger partial charge in [-0.3, -0.25) is 9.59 Å². The van der Waals surface area contributed by atoms with Crippen LogP contribution in [0.2, 0.25) is 0 Å². The van der Waals surface area contributed by atoms with E-state index in [4.69, 9.17) is 0 Å². The molecule has 0 unspecified atom stereocenters. The monoisotopic (exact) mass is 235 g/mol. The first-order chi connectivity index (χ1) is 8.20. The van der Waals surface area contributed by atoms with E-state index < -0.39 is 0 Å². The first-order valence-corrected chi connectivity index (χ1v) is 5.86. The summed E-state index contributed by atoms with van der Waals surface area (Å²) >= 11 is 0. The molecule has 92 valence electrons. The zero-order valence-electron chi connectivity index (χ0n) is 9.90. The predicted molar refractivity (Wildman–Crippen MR) is 65.0 cm³/mol. The van der Waals surface area contributed by atoms with Gasteiger partial charge in [0.15, 0.2) is 0 Å². The van der Waals surface area contributed by atoms with Crippen molar-refractivity contribution in [1.29, 1.82) is 0 Å². The van der Waals surface area contributed by atoms with Crippen molar-refractivity contribution in [1.82, 2.24) is 15.2 Å². The summed E-state index contributed by atoms with van der Waals surface area (Å²) in [6, 6.07) is 5.15. The Morgan fingerprint density at radius 3 is 2.71 bits per heavy atom. The van der Waals surface area contributed by atoms with Gasteiger partial charge in [-0.05, 0) is 26.0 Å². The van der Waals surface area contributed by atoms with Gasteiger partial charge in [-0.2, -0.15) is 0 Å². The number of nitrogens with zero attached hydrogens (tertiary/aromatic N) is 1. The number of aromatic nitrogens is 1. The van der Waals surface area contributed by atoms with E-state index in [1.165, 1.54) is 6.07 Å². The average molecular weight is 235 g/mol. The number of rotatable bonds is 2. The fourth-order valence-corrected chi connectivity index (χ4v) is 2.11. The molecule has 2 heterocycles. The highest BCUT2D eigenvalue weighted by molar-refractivity contribution is 5.92. The van der Waals surface area contributed by atoms with Crippen molar-refractivity contribution in [2.24, 2.45) is 0 Å². The Morgan fingerprint density at radius 2 is 2.12 bits per heavy atom. The molecule has 0 bridgehead atoms. The predicted octanol–water partition coefficient (Wildman–Crippen LogP) is 0.199. The molecular weight excluding hydrogens is 218 g/mol. The second-order valence-electron chi connectivity index (χ2n) is 4.28. The summed E-state index contributed by atoms with van der Waals surface area (Å²) in [6.07, 6.45) is 1.92. The second kappa shape index (κ2) is 5.14. The summed E-state index contributed by atoms with van der Waals surface area (Å²) in [6.45, 7) is 1.47. The number of nitrogens with one attached hydrogen (secondary N) is 2. The highest BCUT2D eigenvalue weighted by Gasteiger charge is 2.22. The van der Waals surface area contributed by atoms with Gasteiger partial charge in [0, 0.05) is 25.2 Å². The Morgan fingerprint density at radius 1 is 1.41 bits per heavy atom. The Labute approximate surface area is 99.8 Å². The van der Waals surface area contributed by atoms with Crippen LogP contribution in [-0.2, 0) is 0 Å². The smallest absolute Gasteiger partial charge is 0.270 e. The van der Waals surface area contributed by atoms with Crippen molar-refractivity contribution in [3.05, 3.63) is 34.2 Å². The molecule has 1 amide bonds. The highest BCUT2D eigenvalue weighted by atomic mass is 16.2. The molecule has 5 heteroatoms. The van der Waals surface area contributed by atoms with E-state index >= 15 is 0 Å². The molecular formula is C12H17N3O2. The maximum absolute atomic E-state index is 12.1. The number of piperidine rings is 1. The van der Waals surface area contributed by atoms with Crippen LogP contribution in [0.15, 0.2) is 23.0 Å². The molecule has 1 aromatic rings. The number of H-pyrrole nitrogens is 1. The Hall–Kier alpha value is -1.62. The first-order valence-electron chi connectivity index (χ1n) is 5.86. The van der Waals surface area contributed by atoms with Gasteiger partial charge in [-0.15, -0.1) is 0 Å². The summed E-state index contributed by atoms with van der Waals surface area (Å²) < 4.78 is 0. The van der Waals surface area contributed by atoms with Gasteiger partial charge in [-0.25, -0.2) is 0 Å². The molecule has 1 aliphatic rings. The lowest BCUT2D eigenvalue weighted by Crippen LogP contribution is -2.44. The number of carbonyl (C=O) groups excluding carboxylic acids is 1. The quantitative estimate of drug-likeness (QED) is 0.769. The van der Waals surface area contributed by atoms with Gasteiger partial charge in [0.2, 0.25) is 5.56 Å². The van der Waals surface area contributed by atoms with Crippen molar-refractivity contribution in [2.75, 3.05) is 20.1 Å². The Bertz CT molecular complexity index is 447. The molecule has 5 nitrogen and oxygen atoms in total. The standard InChI is InChI=1S/C12H17N3O2/c1-13-9-5-7-15(8-6-9)12(17)10-3-2-4-11(16)14-10/h2-4,9,13H,5-8H2,1H3,(H,14,16). The van der Waals surface area contributed by atoms with E-state index in [0.717, 1.165) is 25.9 Å². The molecule has 0 saturated carbocycles. The lowest BCUT2D eigenvalue weighted by Gasteiger charge is -2.31. The van der Waals surface area contributed by atoms with Crippen LogP contribution in [0.1, 0.15) is 23.3 Å². The van der Waals surface area contributed by atoms with Crippen LogP contribution in [0.5, 0.6) is 0 Å². The first kappa shape index (κ1) is 11.9. The molecule has 1 aromatic heterocycles. The van der Waals surface area contributed by atoms with Crippen LogP contribution in [-0.4, -0.2) is 42.0 Å². The fraction of sp³-hybridized carbons (Fsp3) is 0.500. The number of carbonyl (C=O) groups is 1. The van der Waals surface area contributed by atoms with Crippen LogP contribution in [0.25, 0.3) is 0 Å². The van der Waals surface area contributed by atoms with Crippen LogP contribution < -0.4 is 10.9 Å². The van der Waals surface area contributed by atoms with Crippen molar-refractivity contribution in [2.45, 2.75) is 18.9 Å². The summed E-state index contributed by atoms with van der Waals surface area (Å²) in [7, 11) is 1.94. The molecule has 1 saturated heterocycles. The summed E-state index contributed by atoms with van der Waals surface area (Å²) in [5.41, 5.74) is 0.140. The van der Waals surface area contributed by atoms with Crippen LogP contribution in [0.4, 0.5) is 0 Å². The molecule has 1 fully saturated rings. The lowest BCUT2D eigenvalue weighted by atomic mass is 10.1. The van der Waals surface area contributed by atoms with Crippen LogP contribution in [0, 0.1) is 0 Å². The molecule has 0 atom stereocenters.